The van der Waals surface area contributed by atoms with E-state index in [1.54, 1.807) is 30.3 Å². The maximum Gasteiger partial charge on any atom is 0.165 e. The minimum atomic E-state index is -1.10. The second-order valence-corrected chi connectivity index (χ2v) is 4.03. The lowest BCUT2D eigenvalue weighted by Crippen LogP contribution is -2.06. The molecule has 1 unspecified atom stereocenters. The average Bonchev–Trinajstić information content (AvgIpc) is 2.43. The van der Waals surface area contributed by atoms with Crippen molar-refractivity contribution >= 4 is 0 Å². The van der Waals surface area contributed by atoms with Gasteiger partial charge in [0.25, 0.3) is 0 Å². The summed E-state index contributed by atoms with van der Waals surface area (Å²) in [6, 6.07) is 14.8. The van der Waals surface area contributed by atoms with E-state index in [0.717, 1.165) is 0 Å². The maximum atomic E-state index is 13.6. The molecule has 0 bridgehead atoms. The van der Waals surface area contributed by atoms with Crippen molar-refractivity contribution in [1.29, 1.82) is 5.26 Å². The molecule has 0 saturated heterocycles. The third-order valence-corrected chi connectivity index (χ3v) is 2.54. The fraction of sp³-hybridized carbons (Fsp3) is 0.133. The Morgan fingerprint density at radius 3 is 2.63 bits per heavy atom. The predicted molar refractivity (Wildman–Crippen MR) is 68.2 cm³/mol. The molecule has 3 nitrogen and oxygen atoms in total. The Balaban J connectivity index is 2.20. The smallest absolute Gasteiger partial charge is 0.165 e. The van der Waals surface area contributed by atoms with Crippen molar-refractivity contribution in [3.63, 3.8) is 0 Å². The molecular weight excluding hydrogens is 245 g/mol. The van der Waals surface area contributed by atoms with Gasteiger partial charge < -0.3 is 9.84 Å². The number of para-hydroxylation sites is 1. The second-order valence-electron chi connectivity index (χ2n) is 4.03. The first-order chi connectivity index (χ1) is 9.19. The minimum absolute atomic E-state index is 0.0776. The molecule has 1 atom stereocenters. The Labute approximate surface area is 110 Å². The van der Waals surface area contributed by atoms with Crippen LogP contribution in [0.2, 0.25) is 0 Å². The molecule has 0 heterocycles. The van der Waals surface area contributed by atoms with Crippen molar-refractivity contribution in [2.45, 2.75) is 12.5 Å². The number of hydrogen-bond donors (Lipinski definition) is 1. The van der Waals surface area contributed by atoms with Gasteiger partial charge in [0.15, 0.2) is 11.6 Å². The van der Waals surface area contributed by atoms with Crippen molar-refractivity contribution < 1.29 is 14.2 Å². The van der Waals surface area contributed by atoms with Gasteiger partial charge in [-0.2, -0.15) is 5.26 Å². The number of hydrogen-bond acceptors (Lipinski definition) is 3. The SMILES string of the molecule is N#CC(O)Cc1ccc(F)c(Oc2ccccc2)c1. The monoisotopic (exact) mass is 257 g/mol. The molecule has 0 fully saturated rings. The molecule has 1 N–H and O–H groups in total. The van der Waals surface area contributed by atoms with E-state index in [1.807, 2.05) is 6.07 Å². The largest absolute Gasteiger partial charge is 0.454 e. The molecule has 2 aromatic rings. The molecule has 19 heavy (non-hydrogen) atoms. The van der Waals surface area contributed by atoms with Crippen LogP contribution in [0.4, 0.5) is 4.39 Å². The Kier molecular flexibility index (Phi) is 4.11. The van der Waals surface area contributed by atoms with Crippen LogP contribution in [0.25, 0.3) is 0 Å². The van der Waals surface area contributed by atoms with Gasteiger partial charge in [-0.1, -0.05) is 24.3 Å². The predicted octanol–water partition coefficient (Wildman–Crippen LogP) is 3.04. The average molecular weight is 257 g/mol. The van der Waals surface area contributed by atoms with Crippen molar-refractivity contribution in [2.24, 2.45) is 0 Å². The molecule has 2 aromatic carbocycles. The summed E-state index contributed by atoms with van der Waals surface area (Å²) in [5, 5.41) is 17.8. The lowest BCUT2D eigenvalue weighted by atomic mass is 10.1. The van der Waals surface area contributed by atoms with E-state index >= 15 is 0 Å². The quantitative estimate of drug-likeness (QED) is 0.856. The van der Waals surface area contributed by atoms with E-state index in [9.17, 15) is 9.50 Å². The highest BCUT2D eigenvalue weighted by Gasteiger charge is 2.09. The number of halogens is 1. The fourth-order valence-corrected chi connectivity index (χ4v) is 1.64. The summed E-state index contributed by atoms with van der Waals surface area (Å²) in [5.74, 6) is 0.118. The molecule has 2 rings (SSSR count). The summed E-state index contributed by atoms with van der Waals surface area (Å²) >= 11 is 0. The number of ether oxygens (including phenoxy) is 1. The van der Waals surface area contributed by atoms with Crippen LogP contribution in [0, 0.1) is 17.1 Å². The molecule has 0 saturated carbocycles. The first kappa shape index (κ1) is 13.1. The maximum absolute atomic E-state index is 13.6. The molecular formula is C15H12FNO2. The second kappa shape index (κ2) is 5.98. The number of benzene rings is 2. The Hall–Kier alpha value is -2.38. The van der Waals surface area contributed by atoms with E-state index in [4.69, 9.17) is 10.00 Å². The van der Waals surface area contributed by atoms with Crippen LogP contribution < -0.4 is 4.74 Å². The molecule has 4 heteroatoms. The van der Waals surface area contributed by atoms with Gasteiger partial charge >= 0.3 is 0 Å². The highest BCUT2D eigenvalue weighted by molar-refractivity contribution is 5.35. The number of aliphatic hydroxyl groups excluding tert-OH is 1. The van der Waals surface area contributed by atoms with Gasteiger partial charge in [-0.25, -0.2) is 4.39 Å². The standard InChI is InChI=1S/C15H12FNO2/c16-14-7-6-11(8-12(18)10-17)9-15(14)19-13-4-2-1-3-5-13/h1-7,9,12,18H,8H2. The van der Waals surface area contributed by atoms with E-state index in [0.29, 0.717) is 11.3 Å². The van der Waals surface area contributed by atoms with E-state index in [-0.39, 0.29) is 12.2 Å². The summed E-state index contributed by atoms with van der Waals surface area (Å²) < 4.78 is 19.0. The third kappa shape index (κ3) is 3.54. The van der Waals surface area contributed by atoms with Crippen LogP contribution in [0.1, 0.15) is 5.56 Å². The van der Waals surface area contributed by atoms with E-state index in [1.165, 1.54) is 18.2 Å². The van der Waals surface area contributed by atoms with Gasteiger partial charge in [0.1, 0.15) is 11.9 Å². The normalized spacial score (nSPS) is 11.6. The summed E-state index contributed by atoms with van der Waals surface area (Å²) in [5.41, 5.74) is 0.640. The number of aliphatic hydroxyl groups is 1. The zero-order valence-electron chi connectivity index (χ0n) is 10.1. The molecule has 96 valence electrons. The van der Waals surface area contributed by atoms with Gasteiger partial charge in [-0.3, -0.25) is 0 Å². The summed E-state index contributed by atoms with van der Waals surface area (Å²) in [4.78, 5) is 0. The molecule has 0 aliphatic carbocycles. The fourth-order valence-electron chi connectivity index (χ4n) is 1.64. The van der Waals surface area contributed by atoms with Crippen LogP contribution >= 0.6 is 0 Å². The first-order valence-electron chi connectivity index (χ1n) is 5.78. The highest BCUT2D eigenvalue weighted by Crippen LogP contribution is 2.25. The van der Waals surface area contributed by atoms with Crippen LogP contribution in [-0.4, -0.2) is 11.2 Å². The lowest BCUT2D eigenvalue weighted by Gasteiger charge is -2.09. The van der Waals surface area contributed by atoms with Gasteiger partial charge in [0.2, 0.25) is 0 Å². The van der Waals surface area contributed by atoms with Crippen molar-refractivity contribution in [3.05, 3.63) is 59.9 Å². The topological polar surface area (TPSA) is 53.2 Å². The van der Waals surface area contributed by atoms with Gasteiger partial charge in [-0.15, -0.1) is 0 Å². The van der Waals surface area contributed by atoms with Crippen LogP contribution in [0.15, 0.2) is 48.5 Å². The molecule has 0 aromatic heterocycles. The zero-order chi connectivity index (χ0) is 13.7. The molecule has 0 radical (unpaired) electrons. The molecule has 0 spiro atoms. The first-order valence-corrected chi connectivity index (χ1v) is 5.78. The Bertz CT molecular complexity index is 593. The van der Waals surface area contributed by atoms with Crippen molar-refractivity contribution in [1.82, 2.24) is 0 Å². The van der Waals surface area contributed by atoms with E-state index < -0.39 is 11.9 Å². The highest BCUT2D eigenvalue weighted by atomic mass is 19.1. The summed E-state index contributed by atoms with van der Waals surface area (Å²) in [7, 11) is 0. The van der Waals surface area contributed by atoms with Gasteiger partial charge in [0, 0.05) is 6.42 Å². The lowest BCUT2D eigenvalue weighted by molar-refractivity contribution is 0.231. The van der Waals surface area contributed by atoms with Crippen LogP contribution in [-0.2, 0) is 6.42 Å². The van der Waals surface area contributed by atoms with Crippen molar-refractivity contribution in [3.8, 4) is 17.6 Å². The van der Waals surface area contributed by atoms with Crippen LogP contribution in [0.5, 0.6) is 11.5 Å². The number of nitriles is 1. The molecule has 0 aliphatic rings. The van der Waals surface area contributed by atoms with Crippen molar-refractivity contribution in [2.75, 3.05) is 0 Å². The molecule has 0 amide bonds. The minimum Gasteiger partial charge on any atom is -0.454 e. The third-order valence-electron chi connectivity index (χ3n) is 2.54. The number of rotatable bonds is 4. The Morgan fingerprint density at radius 2 is 1.95 bits per heavy atom. The van der Waals surface area contributed by atoms with Gasteiger partial charge in [-0.05, 0) is 29.8 Å². The Morgan fingerprint density at radius 1 is 1.21 bits per heavy atom. The van der Waals surface area contributed by atoms with E-state index in [2.05, 4.69) is 0 Å². The van der Waals surface area contributed by atoms with Crippen LogP contribution in [0.3, 0.4) is 0 Å². The van der Waals surface area contributed by atoms with Gasteiger partial charge in [0.05, 0.1) is 6.07 Å². The number of nitrogens with zero attached hydrogens (tertiary/aromatic N) is 1. The summed E-state index contributed by atoms with van der Waals surface area (Å²) in [6.07, 6.45) is -0.961. The summed E-state index contributed by atoms with van der Waals surface area (Å²) in [6.45, 7) is 0. The molecule has 0 aliphatic heterocycles. The zero-order valence-corrected chi connectivity index (χ0v) is 10.1.